The van der Waals surface area contributed by atoms with Gasteiger partial charge in [0.1, 0.15) is 0 Å². The number of piperazine rings is 1. The molecule has 1 saturated heterocycles. The van der Waals surface area contributed by atoms with Crippen LogP contribution >= 0.6 is 27.5 Å². The summed E-state index contributed by atoms with van der Waals surface area (Å²) in [5.74, 6) is 0. The first-order chi connectivity index (χ1) is 14.9. The van der Waals surface area contributed by atoms with E-state index in [1.54, 1.807) is 16.4 Å². The fourth-order valence-corrected chi connectivity index (χ4v) is 6.85. The number of aryl methyl sites for hydroxylation is 1. The summed E-state index contributed by atoms with van der Waals surface area (Å²) in [5, 5.41) is 0.452. The van der Waals surface area contributed by atoms with Crippen LogP contribution in [0.15, 0.2) is 82.2 Å². The van der Waals surface area contributed by atoms with Crippen molar-refractivity contribution in [2.24, 2.45) is 0 Å². The standard InChI is InChI=1S/C24H24BrClN2O2S/c1-18-16-21(25)23(17-22(18)26)31(29,30)28-14-12-27(13-15-28)24(19-8-4-2-5-9-19)20-10-6-3-7-11-20/h2-11,16-17,24H,12-15H2,1H3. The minimum atomic E-state index is -3.64. The molecule has 0 spiro atoms. The molecule has 0 aliphatic carbocycles. The van der Waals surface area contributed by atoms with Crippen LogP contribution in [0, 0.1) is 6.92 Å². The molecule has 0 bridgehead atoms. The van der Waals surface area contributed by atoms with Crippen LogP contribution in [-0.4, -0.2) is 43.8 Å². The summed E-state index contributed by atoms with van der Waals surface area (Å²) in [5.41, 5.74) is 3.25. The second-order valence-corrected chi connectivity index (χ2v) is 10.9. The van der Waals surface area contributed by atoms with Crippen molar-refractivity contribution in [3.05, 3.63) is 99.0 Å². The van der Waals surface area contributed by atoms with E-state index in [9.17, 15) is 8.42 Å². The lowest BCUT2D eigenvalue weighted by Crippen LogP contribution is -2.49. The van der Waals surface area contributed by atoms with Gasteiger partial charge >= 0.3 is 0 Å². The molecule has 0 N–H and O–H groups in total. The Labute approximate surface area is 197 Å². The van der Waals surface area contributed by atoms with Crippen LogP contribution in [0.2, 0.25) is 5.02 Å². The monoisotopic (exact) mass is 518 g/mol. The van der Waals surface area contributed by atoms with Gasteiger partial charge in [-0.1, -0.05) is 72.3 Å². The van der Waals surface area contributed by atoms with Crippen LogP contribution in [0.1, 0.15) is 22.7 Å². The van der Waals surface area contributed by atoms with Gasteiger partial charge in [0, 0.05) is 35.7 Å². The molecule has 1 aliphatic rings. The zero-order valence-electron chi connectivity index (χ0n) is 17.2. The fourth-order valence-electron chi connectivity index (χ4n) is 4.05. The molecule has 0 radical (unpaired) electrons. The number of rotatable bonds is 5. The van der Waals surface area contributed by atoms with Crippen molar-refractivity contribution in [2.75, 3.05) is 26.2 Å². The maximum atomic E-state index is 13.3. The smallest absolute Gasteiger partial charge is 0.244 e. The minimum absolute atomic E-state index is 0.0906. The Bertz CT molecular complexity index is 1110. The van der Waals surface area contributed by atoms with E-state index < -0.39 is 10.0 Å². The summed E-state index contributed by atoms with van der Waals surface area (Å²) in [6.45, 7) is 4.00. The highest BCUT2D eigenvalue weighted by Gasteiger charge is 2.33. The number of halogens is 2. The Kier molecular flexibility index (Phi) is 6.84. The zero-order chi connectivity index (χ0) is 22.0. The molecule has 0 atom stereocenters. The lowest BCUT2D eigenvalue weighted by atomic mass is 9.96. The highest BCUT2D eigenvalue weighted by Crippen LogP contribution is 2.33. The molecular formula is C24H24BrClN2O2S. The van der Waals surface area contributed by atoms with Crippen LogP contribution in [0.3, 0.4) is 0 Å². The molecular weight excluding hydrogens is 496 g/mol. The number of hydrogen-bond donors (Lipinski definition) is 0. The van der Waals surface area contributed by atoms with E-state index in [0.717, 1.165) is 5.56 Å². The van der Waals surface area contributed by atoms with Gasteiger partial charge in [0.25, 0.3) is 0 Å². The van der Waals surface area contributed by atoms with Gasteiger partial charge in [-0.15, -0.1) is 0 Å². The Morgan fingerprint density at radius 3 is 1.90 bits per heavy atom. The maximum Gasteiger partial charge on any atom is 0.244 e. The third-order valence-electron chi connectivity index (χ3n) is 5.70. The molecule has 1 fully saturated rings. The van der Waals surface area contributed by atoms with Crippen LogP contribution in [-0.2, 0) is 10.0 Å². The van der Waals surface area contributed by atoms with Gasteiger partial charge in [-0.25, -0.2) is 8.42 Å². The summed E-state index contributed by atoms with van der Waals surface area (Å²) in [4.78, 5) is 2.58. The Hall–Kier alpha value is -1.70. The molecule has 4 nitrogen and oxygen atoms in total. The van der Waals surface area contributed by atoms with E-state index in [2.05, 4.69) is 45.1 Å². The predicted molar refractivity (Wildman–Crippen MR) is 129 cm³/mol. The van der Waals surface area contributed by atoms with Gasteiger partial charge in [0.15, 0.2) is 0 Å². The lowest BCUT2D eigenvalue weighted by molar-refractivity contribution is 0.156. The van der Waals surface area contributed by atoms with Crippen molar-refractivity contribution < 1.29 is 8.42 Å². The van der Waals surface area contributed by atoms with Crippen molar-refractivity contribution in [1.29, 1.82) is 0 Å². The normalized spacial score (nSPS) is 16.0. The van der Waals surface area contributed by atoms with E-state index >= 15 is 0 Å². The Morgan fingerprint density at radius 2 is 1.39 bits per heavy atom. The molecule has 4 rings (SSSR count). The van der Waals surface area contributed by atoms with Crippen molar-refractivity contribution in [3.8, 4) is 0 Å². The Morgan fingerprint density at radius 1 is 0.871 bits per heavy atom. The van der Waals surface area contributed by atoms with Gasteiger partial charge in [-0.05, 0) is 51.7 Å². The van der Waals surface area contributed by atoms with E-state index in [4.69, 9.17) is 11.6 Å². The van der Waals surface area contributed by atoms with E-state index in [-0.39, 0.29) is 10.9 Å². The largest absolute Gasteiger partial charge is 0.290 e. The van der Waals surface area contributed by atoms with Crippen LogP contribution in [0.4, 0.5) is 0 Å². The summed E-state index contributed by atoms with van der Waals surface area (Å²) in [7, 11) is -3.64. The van der Waals surface area contributed by atoms with E-state index in [0.29, 0.717) is 35.7 Å². The summed E-state index contributed by atoms with van der Waals surface area (Å²) in [6.07, 6.45) is 0. The summed E-state index contributed by atoms with van der Waals surface area (Å²) < 4.78 is 28.7. The van der Waals surface area contributed by atoms with Gasteiger partial charge in [0.05, 0.1) is 10.9 Å². The molecule has 162 valence electrons. The first-order valence-corrected chi connectivity index (χ1v) is 12.8. The first kappa shape index (κ1) is 22.5. The summed E-state index contributed by atoms with van der Waals surface area (Å²) >= 11 is 9.62. The Balaban J connectivity index is 1.58. The lowest BCUT2D eigenvalue weighted by Gasteiger charge is -2.39. The van der Waals surface area contributed by atoms with E-state index in [1.165, 1.54) is 11.1 Å². The highest BCUT2D eigenvalue weighted by atomic mass is 79.9. The van der Waals surface area contributed by atoms with Gasteiger partial charge in [0.2, 0.25) is 10.0 Å². The average molecular weight is 520 g/mol. The number of benzene rings is 3. The zero-order valence-corrected chi connectivity index (χ0v) is 20.4. The SMILES string of the molecule is Cc1cc(Br)c(S(=O)(=O)N2CCN(C(c3ccccc3)c3ccccc3)CC2)cc1Cl. The molecule has 0 saturated carbocycles. The van der Waals surface area contributed by atoms with Crippen LogP contribution in [0.25, 0.3) is 0 Å². The average Bonchev–Trinajstić information content (AvgIpc) is 2.78. The highest BCUT2D eigenvalue weighted by molar-refractivity contribution is 9.10. The molecule has 7 heteroatoms. The van der Waals surface area contributed by atoms with Crippen molar-refractivity contribution >= 4 is 37.6 Å². The molecule has 31 heavy (non-hydrogen) atoms. The topological polar surface area (TPSA) is 40.6 Å². The molecule has 0 unspecified atom stereocenters. The van der Waals surface area contributed by atoms with Crippen LogP contribution in [0.5, 0.6) is 0 Å². The maximum absolute atomic E-state index is 13.3. The second-order valence-electron chi connectivity index (χ2n) is 7.70. The minimum Gasteiger partial charge on any atom is -0.290 e. The fraction of sp³-hybridized carbons (Fsp3) is 0.250. The molecule has 0 aromatic heterocycles. The molecule has 1 aliphatic heterocycles. The third kappa shape index (κ3) is 4.73. The predicted octanol–water partition coefficient (Wildman–Crippen LogP) is 5.51. The number of sulfonamides is 1. The molecule has 1 heterocycles. The van der Waals surface area contributed by atoms with Crippen LogP contribution < -0.4 is 0 Å². The third-order valence-corrected chi connectivity index (χ3v) is 8.96. The van der Waals surface area contributed by atoms with Crippen molar-refractivity contribution in [3.63, 3.8) is 0 Å². The van der Waals surface area contributed by atoms with Gasteiger partial charge in [-0.3, -0.25) is 4.90 Å². The molecule has 3 aromatic rings. The van der Waals surface area contributed by atoms with Gasteiger partial charge < -0.3 is 0 Å². The molecule has 3 aromatic carbocycles. The summed E-state index contributed by atoms with van der Waals surface area (Å²) in [6, 6.07) is 24.1. The number of hydrogen-bond acceptors (Lipinski definition) is 3. The number of nitrogens with zero attached hydrogens (tertiary/aromatic N) is 2. The second kappa shape index (κ2) is 9.43. The van der Waals surface area contributed by atoms with Gasteiger partial charge in [-0.2, -0.15) is 4.31 Å². The molecule has 0 amide bonds. The van der Waals surface area contributed by atoms with Crippen molar-refractivity contribution in [2.45, 2.75) is 17.9 Å². The quantitative estimate of drug-likeness (QED) is 0.446. The van der Waals surface area contributed by atoms with Crippen molar-refractivity contribution in [1.82, 2.24) is 9.21 Å². The first-order valence-electron chi connectivity index (χ1n) is 10.2. The van der Waals surface area contributed by atoms with E-state index in [1.807, 2.05) is 43.3 Å².